The van der Waals surface area contributed by atoms with Gasteiger partial charge in [0.2, 0.25) is 5.91 Å². The Morgan fingerprint density at radius 3 is 2.68 bits per heavy atom. The van der Waals surface area contributed by atoms with Crippen LogP contribution in [0.1, 0.15) is 39.5 Å². The number of ether oxygens (including phenoxy) is 1. The van der Waals surface area contributed by atoms with Crippen molar-refractivity contribution in [1.29, 1.82) is 0 Å². The summed E-state index contributed by atoms with van der Waals surface area (Å²) in [6.45, 7) is 6.11. The van der Waals surface area contributed by atoms with Crippen LogP contribution in [-0.2, 0) is 9.53 Å². The number of carbonyl (C=O) groups excluding carboxylic acids is 1. The van der Waals surface area contributed by atoms with Gasteiger partial charge in [-0.25, -0.2) is 0 Å². The standard InChI is InChI=1S/C14H27N3O2/c1-10(17-7-6-12(9-17)19-3)8-14(2,13(15)18)16-11-4-5-11/h10-12,16H,4-9H2,1-3H3,(H2,15,18). The highest BCUT2D eigenvalue weighted by Gasteiger charge is 2.39. The molecule has 1 aliphatic carbocycles. The van der Waals surface area contributed by atoms with Crippen molar-refractivity contribution < 1.29 is 9.53 Å². The predicted molar refractivity (Wildman–Crippen MR) is 74.8 cm³/mol. The van der Waals surface area contributed by atoms with Crippen LogP contribution in [0.15, 0.2) is 0 Å². The first kappa shape index (κ1) is 14.8. The molecule has 110 valence electrons. The Bertz CT molecular complexity index is 333. The third-order valence-electron chi connectivity index (χ3n) is 4.48. The Morgan fingerprint density at radius 2 is 2.21 bits per heavy atom. The molecule has 2 fully saturated rings. The Balaban J connectivity index is 1.91. The molecule has 2 rings (SSSR count). The Morgan fingerprint density at radius 1 is 1.53 bits per heavy atom. The van der Waals surface area contributed by atoms with Crippen molar-refractivity contribution in [2.24, 2.45) is 5.73 Å². The first-order chi connectivity index (χ1) is 8.94. The van der Waals surface area contributed by atoms with E-state index in [1.807, 2.05) is 6.92 Å². The van der Waals surface area contributed by atoms with Gasteiger partial charge in [-0.05, 0) is 39.5 Å². The minimum absolute atomic E-state index is 0.242. The highest BCUT2D eigenvalue weighted by atomic mass is 16.5. The first-order valence-corrected chi connectivity index (χ1v) is 7.29. The number of likely N-dealkylation sites (tertiary alicyclic amines) is 1. The van der Waals surface area contributed by atoms with Crippen molar-refractivity contribution in [3.63, 3.8) is 0 Å². The average molecular weight is 269 g/mol. The topological polar surface area (TPSA) is 67.6 Å². The van der Waals surface area contributed by atoms with Gasteiger partial charge in [0.15, 0.2) is 0 Å². The SMILES string of the molecule is COC1CCN(C(C)CC(C)(NC2CC2)C(N)=O)C1. The molecule has 3 unspecified atom stereocenters. The van der Waals surface area contributed by atoms with Crippen LogP contribution in [0, 0.1) is 0 Å². The summed E-state index contributed by atoms with van der Waals surface area (Å²) < 4.78 is 5.39. The lowest BCUT2D eigenvalue weighted by molar-refractivity contribution is -0.124. The highest BCUT2D eigenvalue weighted by molar-refractivity contribution is 5.84. The van der Waals surface area contributed by atoms with E-state index >= 15 is 0 Å². The molecule has 19 heavy (non-hydrogen) atoms. The molecule has 0 aromatic rings. The van der Waals surface area contributed by atoms with Gasteiger partial charge in [0.05, 0.1) is 11.6 Å². The molecule has 0 aromatic carbocycles. The third-order valence-corrected chi connectivity index (χ3v) is 4.48. The Labute approximate surface area is 115 Å². The lowest BCUT2D eigenvalue weighted by atomic mass is 9.92. The van der Waals surface area contributed by atoms with Crippen LogP contribution < -0.4 is 11.1 Å². The molecule has 3 atom stereocenters. The molecule has 1 saturated heterocycles. The average Bonchev–Trinajstić information content (AvgIpc) is 3.02. The van der Waals surface area contributed by atoms with Crippen molar-refractivity contribution in [3.8, 4) is 0 Å². The maximum Gasteiger partial charge on any atom is 0.237 e. The van der Waals surface area contributed by atoms with Crippen LogP contribution in [0.4, 0.5) is 0 Å². The summed E-state index contributed by atoms with van der Waals surface area (Å²) in [6.07, 6.45) is 4.48. The molecule has 5 nitrogen and oxygen atoms in total. The van der Waals surface area contributed by atoms with E-state index in [0.29, 0.717) is 18.2 Å². The zero-order valence-electron chi connectivity index (χ0n) is 12.3. The molecule has 3 N–H and O–H groups in total. The van der Waals surface area contributed by atoms with Crippen LogP contribution in [-0.4, -0.2) is 54.7 Å². The molecule has 1 saturated carbocycles. The summed E-state index contributed by atoms with van der Waals surface area (Å²) in [5, 5.41) is 3.41. The lowest BCUT2D eigenvalue weighted by Crippen LogP contribution is -2.57. The molecule has 0 bridgehead atoms. The van der Waals surface area contributed by atoms with Crippen LogP contribution >= 0.6 is 0 Å². The summed E-state index contributed by atoms with van der Waals surface area (Å²) in [6, 6.07) is 0.818. The van der Waals surface area contributed by atoms with Gasteiger partial charge in [0.25, 0.3) is 0 Å². The maximum absolute atomic E-state index is 11.8. The predicted octanol–water partition coefficient (Wildman–Crippen LogP) is 0.482. The fraction of sp³-hybridized carbons (Fsp3) is 0.929. The monoisotopic (exact) mass is 269 g/mol. The van der Waals surface area contributed by atoms with Gasteiger partial charge in [0.1, 0.15) is 0 Å². The minimum Gasteiger partial charge on any atom is -0.380 e. The Kier molecular flexibility index (Phi) is 4.48. The third kappa shape index (κ3) is 3.68. The zero-order chi connectivity index (χ0) is 14.0. The van der Waals surface area contributed by atoms with Gasteiger partial charge in [-0.2, -0.15) is 0 Å². The summed E-state index contributed by atoms with van der Waals surface area (Å²) in [5.41, 5.74) is 5.01. The van der Waals surface area contributed by atoms with Gasteiger partial charge >= 0.3 is 0 Å². The second-order valence-corrected chi connectivity index (χ2v) is 6.31. The van der Waals surface area contributed by atoms with E-state index in [2.05, 4.69) is 17.1 Å². The summed E-state index contributed by atoms with van der Waals surface area (Å²) in [7, 11) is 1.76. The van der Waals surface area contributed by atoms with Crippen LogP contribution in [0.3, 0.4) is 0 Å². The molecule has 1 amide bonds. The molecule has 1 aliphatic heterocycles. The van der Waals surface area contributed by atoms with Crippen LogP contribution in [0.2, 0.25) is 0 Å². The van der Waals surface area contributed by atoms with Crippen molar-refractivity contribution in [1.82, 2.24) is 10.2 Å². The molecular weight excluding hydrogens is 242 g/mol. The molecule has 0 radical (unpaired) electrons. The van der Waals surface area contributed by atoms with E-state index in [9.17, 15) is 4.79 Å². The van der Waals surface area contributed by atoms with Crippen LogP contribution in [0.5, 0.6) is 0 Å². The lowest BCUT2D eigenvalue weighted by Gasteiger charge is -2.34. The quantitative estimate of drug-likeness (QED) is 0.705. The number of nitrogens with two attached hydrogens (primary N) is 1. The van der Waals surface area contributed by atoms with E-state index in [1.54, 1.807) is 7.11 Å². The van der Waals surface area contributed by atoms with Gasteiger partial charge in [-0.1, -0.05) is 0 Å². The zero-order valence-corrected chi connectivity index (χ0v) is 12.3. The number of carbonyl (C=O) groups is 1. The van der Waals surface area contributed by atoms with Crippen molar-refractivity contribution in [2.45, 2.75) is 63.3 Å². The summed E-state index contributed by atoms with van der Waals surface area (Å²) in [5.74, 6) is -0.242. The van der Waals surface area contributed by atoms with E-state index in [0.717, 1.165) is 38.8 Å². The summed E-state index contributed by atoms with van der Waals surface area (Å²) in [4.78, 5) is 14.2. The van der Waals surface area contributed by atoms with Gasteiger partial charge in [0, 0.05) is 32.3 Å². The number of hydrogen-bond acceptors (Lipinski definition) is 4. The number of methoxy groups -OCH3 is 1. The first-order valence-electron chi connectivity index (χ1n) is 7.29. The largest absolute Gasteiger partial charge is 0.380 e. The van der Waals surface area contributed by atoms with Crippen LogP contribution in [0.25, 0.3) is 0 Å². The maximum atomic E-state index is 11.8. The number of rotatable bonds is 7. The Hall–Kier alpha value is -0.650. The smallest absolute Gasteiger partial charge is 0.237 e. The number of primary amides is 1. The van der Waals surface area contributed by atoms with Crippen molar-refractivity contribution in [3.05, 3.63) is 0 Å². The number of nitrogens with zero attached hydrogens (tertiary/aromatic N) is 1. The van der Waals surface area contributed by atoms with Gasteiger partial charge in [-0.3, -0.25) is 9.69 Å². The fourth-order valence-corrected chi connectivity index (χ4v) is 2.98. The number of amides is 1. The molecule has 1 heterocycles. The fourth-order valence-electron chi connectivity index (χ4n) is 2.98. The summed E-state index contributed by atoms with van der Waals surface area (Å²) >= 11 is 0. The minimum atomic E-state index is -0.592. The molecule has 2 aliphatic rings. The molecule has 5 heteroatoms. The van der Waals surface area contributed by atoms with E-state index in [1.165, 1.54) is 0 Å². The van der Waals surface area contributed by atoms with Gasteiger partial charge in [-0.15, -0.1) is 0 Å². The second kappa shape index (κ2) is 5.77. The van der Waals surface area contributed by atoms with Crippen molar-refractivity contribution in [2.75, 3.05) is 20.2 Å². The van der Waals surface area contributed by atoms with Gasteiger partial charge < -0.3 is 15.8 Å². The normalized spacial score (nSPS) is 29.1. The van der Waals surface area contributed by atoms with E-state index in [4.69, 9.17) is 10.5 Å². The van der Waals surface area contributed by atoms with E-state index in [-0.39, 0.29) is 5.91 Å². The molecule has 0 spiro atoms. The second-order valence-electron chi connectivity index (χ2n) is 6.31. The van der Waals surface area contributed by atoms with E-state index < -0.39 is 5.54 Å². The number of hydrogen-bond donors (Lipinski definition) is 2. The molecule has 0 aromatic heterocycles. The molecular formula is C14H27N3O2. The number of nitrogens with one attached hydrogen (secondary N) is 1. The highest BCUT2D eigenvalue weighted by Crippen LogP contribution is 2.27. The van der Waals surface area contributed by atoms with Crippen molar-refractivity contribution >= 4 is 5.91 Å².